The zero-order valence-corrected chi connectivity index (χ0v) is 18.0. The number of carbonyl (C=O) groups excluding carboxylic acids is 2. The van der Waals surface area contributed by atoms with Crippen LogP contribution in [0.5, 0.6) is 0 Å². The molecule has 0 aromatic rings. The minimum absolute atomic E-state index is 0. The smallest absolute Gasteiger partial charge is 0.225 e. The second kappa shape index (κ2) is 11.3. The summed E-state index contributed by atoms with van der Waals surface area (Å²) < 4.78 is 0. The van der Waals surface area contributed by atoms with Crippen LogP contribution in [0.3, 0.4) is 0 Å². The molecule has 2 saturated heterocycles. The van der Waals surface area contributed by atoms with Crippen LogP contribution in [0.15, 0.2) is 0 Å². The maximum atomic E-state index is 12.4. The second-order valence-corrected chi connectivity index (χ2v) is 7.41. The zero-order chi connectivity index (χ0) is 17.7. The number of hydrogen-bond donors (Lipinski definition) is 2. The third-order valence-electron chi connectivity index (χ3n) is 5.94. The third-order valence-corrected chi connectivity index (χ3v) is 5.94. The van der Waals surface area contributed by atoms with Crippen LogP contribution >= 0.6 is 24.8 Å². The summed E-state index contributed by atoms with van der Waals surface area (Å²) in [5, 5.41) is 2.97. The molecule has 8 heteroatoms. The Bertz CT molecular complexity index is 460. The van der Waals surface area contributed by atoms with Gasteiger partial charge in [-0.15, -0.1) is 24.8 Å². The van der Waals surface area contributed by atoms with E-state index < -0.39 is 0 Å². The lowest BCUT2D eigenvalue weighted by atomic mass is 9.94. The van der Waals surface area contributed by atoms with Gasteiger partial charge in [-0.1, -0.05) is 20.8 Å². The van der Waals surface area contributed by atoms with Gasteiger partial charge in [-0.3, -0.25) is 14.5 Å². The standard InChI is InChI=1S/C18H34N4O2.2ClH/c1-4-18(19,5-2)13-20-17(24)14-10-16(23)22(11-14)12-15-8-7-9-21(15)6-3;;/h14-15H,4-13,19H2,1-3H3,(H,20,24);2*1H. The van der Waals surface area contributed by atoms with Gasteiger partial charge in [0.25, 0.3) is 0 Å². The molecule has 26 heavy (non-hydrogen) atoms. The number of rotatable bonds is 8. The maximum Gasteiger partial charge on any atom is 0.225 e. The molecule has 0 saturated carbocycles. The van der Waals surface area contributed by atoms with E-state index in [0.717, 1.165) is 38.9 Å². The molecule has 2 unspecified atom stereocenters. The molecule has 2 amide bonds. The first kappa shape index (κ1) is 25.4. The number of hydrogen-bond acceptors (Lipinski definition) is 4. The van der Waals surface area contributed by atoms with E-state index in [-0.39, 0.29) is 48.1 Å². The van der Waals surface area contributed by atoms with Crippen molar-refractivity contribution in [3.8, 4) is 0 Å². The first-order chi connectivity index (χ1) is 11.4. The molecule has 2 aliphatic rings. The number of likely N-dealkylation sites (tertiary alicyclic amines) is 2. The molecular weight excluding hydrogens is 375 g/mol. The van der Waals surface area contributed by atoms with Crippen LogP contribution in [0.4, 0.5) is 0 Å². The molecule has 0 spiro atoms. The highest BCUT2D eigenvalue weighted by atomic mass is 35.5. The van der Waals surface area contributed by atoms with Gasteiger partial charge in [0, 0.05) is 37.6 Å². The maximum absolute atomic E-state index is 12.4. The van der Waals surface area contributed by atoms with E-state index in [1.165, 1.54) is 6.42 Å². The first-order valence-electron chi connectivity index (χ1n) is 9.50. The van der Waals surface area contributed by atoms with E-state index in [4.69, 9.17) is 5.73 Å². The monoisotopic (exact) mass is 410 g/mol. The van der Waals surface area contributed by atoms with Crippen LogP contribution in [-0.4, -0.2) is 65.9 Å². The summed E-state index contributed by atoms with van der Waals surface area (Å²) in [4.78, 5) is 29.0. The fourth-order valence-electron chi connectivity index (χ4n) is 3.80. The number of nitrogens with two attached hydrogens (primary N) is 1. The molecule has 0 aromatic carbocycles. The molecule has 2 rings (SSSR count). The number of nitrogens with one attached hydrogen (secondary N) is 1. The fraction of sp³-hybridized carbons (Fsp3) is 0.889. The minimum Gasteiger partial charge on any atom is -0.354 e. The van der Waals surface area contributed by atoms with Gasteiger partial charge < -0.3 is 16.0 Å². The second-order valence-electron chi connectivity index (χ2n) is 7.41. The van der Waals surface area contributed by atoms with Gasteiger partial charge in [-0.05, 0) is 38.8 Å². The van der Waals surface area contributed by atoms with Crippen molar-refractivity contribution in [3.63, 3.8) is 0 Å². The van der Waals surface area contributed by atoms with Crippen LogP contribution in [0.1, 0.15) is 52.9 Å². The largest absolute Gasteiger partial charge is 0.354 e. The van der Waals surface area contributed by atoms with Gasteiger partial charge >= 0.3 is 0 Å². The van der Waals surface area contributed by atoms with Gasteiger partial charge in [-0.25, -0.2) is 0 Å². The van der Waals surface area contributed by atoms with Crippen LogP contribution in [0, 0.1) is 5.92 Å². The van der Waals surface area contributed by atoms with Crippen molar-refractivity contribution >= 4 is 36.6 Å². The molecule has 2 aliphatic heterocycles. The van der Waals surface area contributed by atoms with E-state index in [9.17, 15) is 9.59 Å². The van der Waals surface area contributed by atoms with Crippen molar-refractivity contribution in [2.24, 2.45) is 11.7 Å². The molecule has 0 aliphatic carbocycles. The van der Waals surface area contributed by atoms with Crippen LogP contribution in [-0.2, 0) is 9.59 Å². The normalized spacial score (nSPS) is 23.5. The average Bonchev–Trinajstić information content (AvgIpc) is 3.19. The van der Waals surface area contributed by atoms with Crippen molar-refractivity contribution in [3.05, 3.63) is 0 Å². The van der Waals surface area contributed by atoms with Crippen molar-refractivity contribution in [2.75, 3.05) is 32.7 Å². The number of amides is 2. The Morgan fingerprint density at radius 1 is 1.27 bits per heavy atom. The molecule has 2 atom stereocenters. The Labute approximate surface area is 170 Å². The number of nitrogens with zero attached hydrogens (tertiary/aromatic N) is 2. The van der Waals surface area contributed by atoms with Gasteiger partial charge in [-0.2, -0.15) is 0 Å². The zero-order valence-electron chi connectivity index (χ0n) is 16.3. The Morgan fingerprint density at radius 3 is 2.50 bits per heavy atom. The Kier molecular flexibility index (Phi) is 11.1. The van der Waals surface area contributed by atoms with E-state index in [1.54, 1.807) is 0 Å². The van der Waals surface area contributed by atoms with Gasteiger partial charge in [0.1, 0.15) is 0 Å². The van der Waals surface area contributed by atoms with E-state index in [2.05, 4.69) is 17.1 Å². The van der Waals surface area contributed by atoms with E-state index in [0.29, 0.717) is 25.6 Å². The first-order valence-corrected chi connectivity index (χ1v) is 9.50. The van der Waals surface area contributed by atoms with E-state index >= 15 is 0 Å². The summed E-state index contributed by atoms with van der Waals surface area (Å²) >= 11 is 0. The third kappa shape index (κ3) is 6.25. The minimum atomic E-state index is -0.344. The number of likely N-dealkylation sites (N-methyl/N-ethyl adjacent to an activating group) is 1. The summed E-state index contributed by atoms with van der Waals surface area (Å²) in [5.74, 6) is -0.142. The summed E-state index contributed by atoms with van der Waals surface area (Å²) in [7, 11) is 0. The van der Waals surface area contributed by atoms with Crippen molar-refractivity contribution in [2.45, 2.75) is 64.5 Å². The summed E-state index contributed by atoms with van der Waals surface area (Å²) in [6.45, 7) is 10.2. The predicted molar refractivity (Wildman–Crippen MR) is 110 cm³/mol. The quantitative estimate of drug-likeness (QED) is 0.639. The van der Waals surface area contributed by atoms with Gasteiger partial charge in [0.05, 0.1) is 5.92 Å². The van der Waals surface area contributed by atoms with Crippen LogP contribution in [0.25, 0.3) is 0 Å². The van der Waals surface area contributed by atoms with Gasteiger partial charge in [0.15, 0.2) is 0 Å². The highest BCUT2D eigenvalue weighted by Crippen LogP contribution is 2.23. The van der Waals surface area contributed by atoms with Crippen LogP contribution < -0.4 is 11.1 Å². The molecule has 2 heterocycles. The van der Waals surface area contributed by atoms with Crippen molar-refractivity contribution < 1.29 is 9.59 Å². The lowest BCUT2D eigenvalue weighted by Gasteiger charge is -2.28. The molecule has 6 nitrogen and oxygen atoms in total. The molecular formula is C18H36Cl2N4O2. The molecule has 0 radical (unpaired) electrons. The SMILES string of the molecule is CCN1CCCC1CN1CC(C(=O)NCC(N)(CC)CC)CC1=O.Cl.Cl. The summed E-state index contributed by atoms with van der Waals surface area (Å²) in [6.07, 6.45) is 4.34. The Morgan fingerprint density at radius 2 is 1.92 bits per heavy atom. The molecule has 154 valence electrons. The highest BCUT2D eigenvalue weighted by molar-refractivity contribution is 5.89. The fourth-order valence-corrected chi connectivity index (χ4v) is 3.80. The number of carbonyl (C=O) groups is 2. The highest BCUT2D eigenvalue weighted by Gasteiger charge is 2.37. The number of halogens is 2. The average molecular weight is 411 g/mol. The summed E-state index contributed by atoms with van der Waals surface area (Å²) in [5.41, 5.74) is 5.90. The lowest BCUT2D eigenvalue weighted by Crippen LogP contribution is -2.50. The van der Waals surface area contributed by atoms with Gasteiger partial charge in [0.2, 0.25) is 11.8 Å². The Balaban J connectivity index is 0.00000312. The molecule has 0 bridgehead atoms. The predicted octanol–water partition coefficient (Wildman–Crippen LogP) is 1.80. The van der Waals surface area contributed by atoms with E-state index in [1.807, 2.05) is 18.7 Å². The molecule has 0 aromatic heterocycles. The molecule has 2 fully saturated rings. The summed E-state index contributed by atoms with van der Waals surface area (Å²) in [6, 6.07) is 0.456. The molecule has 3 N–H and O–H groups in total. The topological polar surface area (TPSA) is 78.7 Å². The Hall–Kier alpha value is -0.560. The van der Waals surface area contributed by atoms with Crippen LogP contribution in [0.2, 0.25) is 0 Å². The van der Waals surface area contributed by atoms with Crippen molar-refractivity contribution in [1.82, 2.24) is 15.1 Å². The lowest BCUT2D eigenvalue weighted by molar-refractivity contribution is -0.129. The van der Waals surface area contributed by atoms with Crippen molar-refractivity contribution in [1.29, 1.82) is 0 Å².